The van der Waals surface area contributed by atoms with Gasteiger partial charge in [0.05, 0.1) is 6.04 Å². The van der Waals surface area contributed by atoms with Gasteiger partial charge < -0.3 is 10.2 Å². The molecule has 1 unspecified atom stereocenters. The number of tetrazole rings is 1. The third kappa shape index (κ3) is 2.41. The highest BCUT2D eigenvalue weighted by Gasteiger charge is 2.14. The first-order valence-electron chi connectivity index (χ1n) is 4.40. The molecule has 2 N–H and O–H groups in total. The zero-order chi connectivity index (χ0) is 10.6. The van der Waals surface area contributed by atoms with Crippen LogP contribution in [0.25, 0.3) is 0 Å². The summed E-state index contributed by atoms with van der Waals surface area (Å²) in [4.78, 5) is 13.0. The molecule has 1 atom stereocenters. The molecule has 2 amide bonds. The van der Waals surface area contributed by atoms with Gasteiger partial charge in [-0.3, -0.25) is 0 Å². The molecule has 1 aromatic heterocycles. The Balaban J connectivity index is 2.49. The minimum Gasteiger partial charge on any atom is -0.328 e. The molecule has 0 aliphatic rings. The zero-order valence-corrected chi connectivity index (χ0v) is 8.48. The predicted octanol–water partition coefficient (Wildman–Crippen LogP) is -0.0780. The molecule has 0 bridgehead atoms. The fourth-order valence-electron chi connectivity index (χ4n) is 0.857. The van der Waals surface area contributed by atoms with E-state index in [4.69, 9.17) is 0 Å². The van der Waals surface area contributed by atoms with E-state index < -0.39 is 0 Å². The van der Waals surface area contributed by atoms with E-state index in [1.807, 2.05) is 6.92 Å². The number of carbonyl (C=O) groups excluding carboxylic acids is 1. The van der Waals surface area contributed by atoms with E-state index in [0.29, 0.717) is 12.4 Å². The maximum Gasteiger partial charge on any atom is 0.317 e. The van der Waals surface area contributed by atoms with Crippen LogP contribution in [0.4, 0.5) is 4.79 Å². The molecule has 78 valence electrons. The topological polar surface area (TPSA) is 86.8 Å². The molecule has 1 aromatic rings. The molecule has 0 radical (unpaired) electrons. The number of hydrogen-bond acceptors (Lipinski definition) is 4. The molecule has 0 aromatic carbocycles. The van der Waals surface area contributed by atoms with E-state index >= 15 is 0 Å². The fourth-order valence-corrected chi connectivity index (χ4v) is 0.857. The Kier molecular flexibility index (Phi) is 3.38. The number of urea groups is 1. The summed E-state index contributed by atoms with van der Waals surface area (Å²) in [5.41, 5.74) is 0. The monoisotopic (exact) mass is 198 g/mol. The first-order valence-corrected chi connectivity index (χ1v) is 4.40. The summed E-state index contributed by atoms with van der Waals surface area (Å²) >= 11 is 0. The Morgan fingerprint density at radius 3 is 2.93 bits per heavy atom. The van der Waals surface area contributed by atoms with E-state index in [0.717, 1.165) is 0 Å². The molecule has 0 aliphatic heterocycles. The Morgan fingerprint density at radius 1 is 1.71 bits per heavy atom. The number of rotatable bonds is 3. The molecule has 0 saturated heterocycles. The van der Waals surface area contributed by atoms with E-state index in [9.17, 15) is 4.79 Å². The number of aromatic nitrogens is 4. The van der Waals surface area contributed by atoms with Gasteiger partial charge in [-0.25, -0.2) is 4.79 Å². The second-order valence-electron chi connectivity index (χ2n) is 2.96. The van der Waals surface area contributed by atoms with Crippen LogP contribution in [0, 0.1) is 0 Å². The highest BCUT2D eigenvalue weighted by atomic mass is 16.2. The van der Waals surface area contributed by atoms with E-state index in [1.165, 1.54) is 0 Å². The van der Waals surface area contributed by atoms with Crippen LogP contribution in [0.5, 0.6) is 0 Å². The zero-order valence-electron chi connectivity index (χ0n) is 8.48. The van der Waals surface area contributed by atoms with Crippen molar-refractivity contribution in [3.05, 3.63) is 5.82 Å². The van der Waals surface area contributed by atoms with Crippen molar-refractivity contribution in [3.8, 4) is 0 Å². The van der Waals surface area contributed by atoms with Crippen LogP contribution >= 0.6 is 0 Å². The van der Waals surface area contributed by atoms with E-state index in [-0.39, 0.29) is 12.1 Å². The lowest BCUT2D eigenvalue weighted by Crippen LogP contribution is -2.38. The highest BCUT2D eigenvalue weighted by molar-refractivity contribution is 5.74. The molecule has 7 heteroatoms. The molecule has 0 saturated carbocycles. The Bertz CT molecular complexity index is 284. The SMILES string of the molecule is CCN(C)C(=O)NC(C)c1nn[nH]n1. The summed E-state index contributed by atoms with van der Waals surface area (Å²) in [5, 5.41) is 16.0. The summed E-state index contributed by atoms with van der Waals surface area (Å²) in [7, 11) is 1.72. The van der Waals surface area contributed by atoms with Crippen molar-refractivity contribution in [1.82, 2.24) is 30.8 Å². The van der Waals surface area contributed by atoms with Crippen molar-refractivity contribution in [1.29, 1.82) is 0 Å². The first-order chi connectivity index (χ1) is 6.65. The van der Waals surface area contributed by atoms with Crippen LogP contribution in [-0.2, 0) is 0 Å². The average Bonchev–Trinajstić information content (AvgIpc) is 2.69. The lowest BCUT2D eigenvalue weighted by atomic mass is 10.3. The van der Waals surface area contributed by atoms with Crippen LogP contribution in [0.1, 0.15) is 25.7 Å². The van der Waals surface area contributed by atoms with Crippen molar-refractivity contribution in [3.63, 3.8) is 0 Å². The molecular formula is C7H14N6O. The van der Waals surface area contributed by atoms with Gasteiger partial charge in [0.1, 0.15) is 0 Å². The van der Waals surface area contributed by atoms with Gasteiger partial charge in [0.25, 0.3) is 0 Å². The average molecular weight is 198 g/mol. The van der Waals surface area contributed by atoms with Crippen molar-refractivity contribution in [2.75, 3.05) is 13.6 Å². The second-order valence-corrected chi connectivity index (χ2v) is 2.96. The maximum absolute atomic E-state index is 11.4. The fraction of sp³-hybridized carbons (Fsp3) is 0.714. The van der Waals surface area contributed by atoms with Crippen molar-refractivity contribution in [2.24, 2.45) is 0 Å². The van der Waals surface area contributed by atoms with Gasteiger partial charge in [-0.1, -0.05) is 5.21 Å². The number of amides is 2. The van der Waals surface area contributed by atoms with Crippen LogP contribution in [0.2, 0.25) is 0 Å². The van der Waals surface area contributed by atoms with Crippen molar-refractivity contribution >= 4 is 6.03 Å². The van der Waals surface area contributed by atoms with Gasteiger partial charge in [0.2, 0.25) is 0 Å². The number of nitrogens with one attached hydrogen (secondary N) is 2. The van der Waals surface area contributed by atoms with E-state index in [2.05, 4.69) is 25.9 Å². The lowest BCUT2D eigenvalue weighted by molar-refractivity contribution is 0.207. The third-order valence-electron chi connectivity index (χ3n) is 1.91. The summed E-state index contributed by atoms with van der Waals surface area (Å²) in [6.45, 7) is 4.36. The molecule has 0 aliphatic carbocycles. The van der Waals surface area contributed by atoms with Gasteiger partial charge in [-0.2, -0.15) is 5.21 Å². The van der Waals surface area contributed by atoms with Gasteiger partial charge in [-0.05, 0) is 13.8 Å². The number of H-pyrrole nitrogens is 1. The third-order valence-corrected chi connectivity index (χ3v) is 1.91. The van der Waals surface area contributed by atoms with Gasteiger partial charge >= 0.3 is 6.03 Å². The van der Waals surface area contributed by atoms with E-state index in [1.54, 1.807) is 18.9 Å². The number of aromatic amines is 1. The predicted molar refractivity (Wildman–Crippen MR) is 49.4 cm³/mol. The minimum absolute atomic E-state index is 0.148. The van der Waals surface area contributed by atoms with Crippen molar-refractivity contribution < 1.29 is 4.79 Å². The Hall–Kier alpha value is -1.66. The van der Waals surface area contributed by atoms with Crippen LogP contribution in [0.3, 0.4) is 0 Å². The summed E-state index contributed by atoms with van der Waals surface area (Å²) in [6, 6.07) is -0.389. The van der Waals surface area contributed by atoms with Crippen LogP contribution in [0.15, 0.2) is 0 Å². The van der Waals surface area contributed by atoms with Gasteiger partial charge in [0, 0.05) is 13.6 Å². The number of carbonyl (C=O) groups is 1. The largest absolute Gasteiger partial charge is 0.328 e. The molecule has 7 nitrogen and oxygen atoms in total. The Labute approximate surface area is 81.9 Å². The summed E-state index contributed by atoms with van der Waals surface area (Å²) in [6.07, 6.45) is 0. The van der Waals surface area contributed by atoms with Gasteiger partial charge in [-0.15, -0.1) is 10.2 Å². The van der Waals surface area contributed by atoms with Crippen LogP contribution < -0.4 is 5.32 Å². The van der Waals surface area contributed by atoms with Gasteiger partial charge in [0.15, 0.2) is 5.82 Å². The normalized spacial score (nSPS) is 12.2. The molecule has 0 fully saturated rings. The quantitative estimate of drug-likeness (QED) is 0.711. The molecule has 14 heavy (non-hydrogen) atoms. The molecule has 1 rings (SSSR count). The Morgan fingerprint density at radius 2 is 2.43 bits per heavy atom. The molecule has 1 heterocycles. The van der Waals surface area contributed by atoms with Crippen molar-refractivity contribution in [2.45, 2.75) is 19.9 Å². The lowest BCUT2D eigenvalue weighted by Gasteiger charge is -2.17. The number of hydrogen-bond donors (Lipinski definition) is 2. The second kappa shape index (κ2) is 4.54. The van der Waals surface area contributed by atoms with Crippen LogP contribution in [-0.4, -0.2) is 45.1 Å². The molecule has 0 spiro atoms. The maximum atomic E-state index is 11.4. The summed E-state index contributed by atoms with van der Waals surface area (Å²) in [5.74, 6) is 0.475. The number of nitrogens with zero attached hydrogens (tertiary/aromatic N) is 4. The highest BCUT2D eigenvalue weighted by Crippen LogP contribution is 2.03. The minimum atomic E-state index is -0.241. The summed E-state index contributed by atoms with van der Waals surface area (Å²) < 4.78 is 0. The first kappa shape index (κ1) is 10.4. The standard InChI is InChI=1S/C7H14N6O/c1-4-13(3)7(14)8-5(2)6-9-11-12-10-6/h5H,4H2,1-3H3,(H,8,14)(H,9,10,11,12). The molecular weight excluding hydrogens is 184 g/mol. The smallest absolute Gasteiger partial charge is 0.317 e.